The maximum absolute atomic E-state index is 12.9. The molecule has 2 amide bonds. The van der Waals surface area contributed by atoms with E-state index in [-0.39, 0.29) is 23.8 Å². The fourth-order valence-electron chi connectivity index (χ4n) is 3.55. The third kappa shape index (κ3) is 4.77. The lowest BCUT2D eigenvalue weighted by atomic mass is 9.83. The summed E-state index contributed by atoms with van der Waals surface area (Å²) in [4.78, 5) is 27.5. The Hall–Kier alpha value is -2.04. The number of benzene rings is 1. The molecule has 144 valence electrons. The zero-order chi connectivity index (χ0) is 19.1. The first-order chi connectivity index (χ1) is 12.5. The van der Waals surface area contributed by atoms with Crippen molar-refractivity contribution in [1.82, 2.24) is 10.2 Å². The molecule has 0 saturated carbocycles. The first-order valence-corrected chi connectivity index (χ1v) is 9.69. The highest BCUT2D eigenvalue weighted by atomic mass is 16.5. The first kappa shape index (κ1) is 20.3. The molecule has 1 aromatic rings. The van der Waals surface area contributed by atoms with Gasteiger partial charge in [-0.1, -0.05) is 45.4 Å². The molecule has 1 fully saturated rings. The van der Waals surface area contributed by atoms with E-state index in [0.29, 0.717) is 31.8 Å². The Bertz CT molecular complexity index is 615. The predicted octanol–water partition coefficient (Wildman–Crippen LogP) is 3.55. The van der Waals surface area contributed by atoms with Crippen molar-refractivity contribution in [1.29, 1.82) is 0 Å². The van der Waals surface area contributed by atoms with E-state index < -0.39 is 0 Å². The third-order valence-electron chi connectivity index (χ3n) is 4.94. The highest BCUT2D eigenvalue weighted by Crippen LogP contribution is 2.40. The van der Waals surface area contributed by atoms with Gasteiger partial charge in [0.1, 0.15) is 5.75 Å². The van der Waals surface area contributed by atoms with Gasteiger partial charge < -0.3 is 15.0 Å². The van der Waals surface area contributed by atoms with Gasteiger partial charge in [-0.3, -0.25) is 9.59 Å². The fraction of sp³-hybridized carbons (Fsp3) is 0.619. The zero-order valence-electron chi connectivity index (χ0n) is 16.5. The summed E-state index contributed by atoms with van der Waals surface area (Å²) in [5.41, 5.74) is 0.920. The summed E-state index contributed by atoms with van der Waals surface area (Å²) < 4.78 is 5.54. The van der Waals surface area contributed by atoms with E-state index in [9.17, 15) is 9.59 Å². The molecule has 2 rings (SSSR count). The Morgan fingerprint density at radius 2 is 2.08 bits per heavy atom. The van der Waals surface area contributed by atoms with Gasteiger partial charge in [-0.2, -0.15) is 0 Å². The Labute approximate surface area is 157 Å². The van der Waals surface area contributed by atoms with Crippen molar-refractivity contribution < 1.29 is 14.3 Å². The Kier molecular flexibility index (Phi) is 7.49. The van der Waals surface area contributed by atoms with Gasteiger partial charge in [0.2, 0.25) is 11.8 Å². The summed E-state index contributed by atoms with van der Waals surface area (Å²) >= 11 is 0. The van der Waals surface area contributed by atoms with Crippen molar-refractivity contribution >= 4 is 11.8 Å². The van der Waals surface area contributed by atoms with Crippen LogP contribution in [0, 0.1) is 11.8 Å². The predicted molar refractivity (Wildman–Crippen MR) is 103 cm³/mol. The third-order valence-corrected chi connectivity index (χ3v) is 4.94. The molecule has 1 N–H and O–H groups in total. The molecule has 0 bridgehead atoms. The maximum atomic E-state index is 12.9. The molecular weight excluding hydrogens is 328 g/mol. The number of hydrogen-bond acceptors (Lipinski definition) is 3. The van der Waals surface area contributed by atoms with Crippen LogP contribution in [0.5, 0.6) is 5.75 Å². The van der Waals surface area contributed by atoms with Crippen LogP contribution in [0.2, 0.25) is 0 Å². The summed E-state index contributed by atoms with van der Waals surface area (Å²) in [6, 6.07) is 7.46. The van der Waals surface area contributed by atoms with Crippen LogP contribution in [0.25, 0.3) is 0 Å². The van der Waals surface area contributed by atoms with Crippen LogP contribution >= 0.6 is 0 Å². The van der Waals surface area contributed by atoms with Gasteiger partial charge >= 0.3 is 0 Å². The van der Waals surface area contributed by atoms with Gasteiger partial charge in [-0.25, -0.2) is 0 Å². The molecule has 1 saturated heterocycles. The molecule has 2 unspecified atom stereocenters. The SMILES string of the molecule is CCCCN1C(=O)CCC(C(=O)NCC(C)C)C1c1ccccc1OC. The van der Waals surface area contributed by atoms with Crippen LogP contribution in [0.15, 0.2) is 24.3 Å². The second kappa shape index (κ2) is 9.60. The number of hydrogen-bond donors (Lipinski definition) is 1. The summed E-state index contributed by atoms with van der Waals surface area (Å²) in [6.07, 6.45) is 2.94. The number of rotatable bonds is 8. The van der Waals surface area contributed by atoms with Crippen molar-refractivity contribution in [3.05, 3.63) is 29.8 Å². The van der Waals surface area contributed by atoms with Crippen LogP contribution in [-0.2, 0) is 9.59 Å². The minimum absolute atomic E-state index is 0.0311. The number of amides is 2. The van der Waals surface area contributed by atoms with Crippen LogP contribution in [-0.4, -0.2) is 36.9 Å². The van der Waals surface area contributed by atoms with Crippen molar-refractivity contribution in [2.45, 2.75) is 52.5 Å². The average molecular weight is 360 g/mol. The first-order valence-electron chi connectivity index (χ1n) is 9.69. The molecule has 5 nitrogen and oxygen atoms in total. The highest BCUT2D eigenvalue weighted by molar-refractivity contribution is 5.85. The maximum Gasteiger partial charge on any atom is 0.225 e. The van der Waals surface area contributed by atoms with Crippen molar-refractivity contribution in [3.8, 4) is 5.75 Å². The molecule has 1 aromatic carbocycles. The van der Waals surface area contributed by atoms with E-state index in [1.807, 2.05) is 29.2 Å². The Morgan fingerprint density at radius 1 is 1.35 bits per heavy atom. The molecule has 0 aromatic heterocycles. The second-order valence-electron chi connectivity index (χ2n) is 7.41. The van der Waals surface area contributed by atoms with Gasteiger partial charge in [0.05, 0.1) is 19.1 Å². The van der Waals surface area contributed by atoms with Gasteiger partial charge in [0.15, 0.2) is 0 Å². The molecule has 2 atom stereocenters. The number of unbranched alkanes of at least 4 members (excludes halogenated alkanes) is 1. The van der Waals surface area contributed by atoms with Gasteiger partial charge in [0, 0.05) is 25.1 Å². The fourth-order valence-corrected chi connectivity index (χ4v) is 3.55. The Morgan fingerprint density at radius 3 is 2.73 bits per heavy atom. The van der Waals surface area contributed by atoms with E-state index in [2.05, 4.69) is 26.1 Å². The summed E-state index contributed by atoms with van der Waals surface area (Å²) in [5, 5.41) is 3.06. The second-order valence-corrected chi connectivity index (χ2v) is 7.41. The van der Waals surface area contributed by atoms with Crippen LogP contribution < -0.4 is 10.1 Å². The van der Waals surface area contributed by atoms with Crippen molar-refractivity contribution in [2.75, 3.05) is 20.2 Å². The lowest BCUT2D eigenvalue weighted by Crippen LogP contribution is -2.48. The van der Waals surface area contributed by atoms with Crippen LogP contribution in [0.1, 0.15) is 58.1 Å². The standard InChI is InChI=1S/C21H32N2O3/c1-5-6-13-23-19(24)12-11-17(21(25)22-14-15(2)3)20(23)16-9-7-8-10-18(16)26-4/h7-10,15,17,20H,5-6,11-14H2,1-4H3,(H,22,25). The monoisotopic (exact) mass is 360 g/mol. The van der Waals surface area contributed by atoms with Crippen molar-refractivity contribution in [2.24, 2.45) is 11.8 Å². The van der Waals surface area contributed by atoms with Gasteiger partial charge in [-0.05, 0) is 24.8 Å². The number of carbonyl (C=O) groups excluding carboxylic acids is 2. The molecule has 1 heterocycles. The zero-order valence-corrected chi connectivity index (χ0v) is 16.5. The molecule has 0 radical (unpaired) electrons. The lowest BCUT2D eigenvalue weighted by Gasteiger charge is -2.41. The molecule has 26 heavy (non-hydrogen) atoms. The molecule has 1 aliphatic rings. The number of nitrogens with zero attached hydrogens (tertiary/aromatic N) is 1. The lowest BCUT2D eigenvalue weighted by molar-refractivity contribution is -0.143. The number of nitrogens with one attached hydrogen (secondary N) is 1. The highest BCUT2D eigenvalue weighted by Gasteiger charge is 2.41. The number of likely N-dealkylation sites (tertiary alicyclic amines) is 1. The van der Waals surface area contributed by atoms with E-state index in [4.69, 9.17) is 4.74 Å². The average Bonchev–Trinajstić information content (AvgIpc) is 2.64. The van der Waals surface area contributed by atoms with Crippen molar-refractivity contribution in [3.63, 3.8) is 0 Å². The minimum atomic E-state index is -0.272. The number of carbonyl (C=O) groups is 2. The smallest absolute Gasteiger partial charge is 0.225 e. The number of piperidine rings is 1. The summed E-state index contributed by atoms with van der Waals surface area (Å²) in [5.74, 6) is 1.03. The Balaban J connectivity index is 2.38. The number of ether oxygens (including phenoxy) is 1. The molecule has 0 spiro atoms. The topological polar surface area (TPSA) is 58.6 Å². The van der Waals surface area contributed by atoms with E-state index in [0.717, 1.165) is 24.2 Å². The summed E-state index contributed by atoms with van der Waals surface area (Å²) in [7, 11) is 1.63. The largest absolute Gasteiger partial charge is 0.496 e. The van der Waals surface area contributed by atoms with E-state index in [1.54, 1.807) is 7.11 Å². The molecule has 0 aliphatic carbocycles. The van der Waals surface area contributed by atoms with Gasteiger partial charge in [-0.15, -0.1) is 0 Å². The quantitative estimate of drug-likeness (QED) is 0.771. The van der Waals surface area contributed by atoms with Gasteiger partial charge in [0.25, 0.3) is 0 Å². The van der Waals surface area contributed by atoms with Crippen LogP contribution in [0.4, 0.5) is 0 Å². The molecule has 5 heteroatoms. The van der Waals surface area contributed by atoms with E-state index in [1.165, 1.54) is 0 Å². The number of para-hydroxylation sites is 1. The molecule has 1 aliphatic heterocycles. The van der Waals surface area contributed by atoms with E-state index >= 15 is 0 Å². The van der Waals surface area contributed by atoms with Crippen LogP contribution in [0.3, 0.4) is 0 Å². The normalized spacial score (nSPS) is 20.3. The molecular formula is C21H32N2O3. The minimum Gasteiger partial charge on any atom is -0.496 e. The summed E-state index contributed by atoms with van der Waals surface area (Å²) in [6.45, 7) is 7.59. The number of methoxy groups -OCH3 is 1.